The summed E-state index contributed by atoms with van der Waals surface area (Å²) in [5, 5.41) is 17.8. The van der Waals surface area contributed by atoms with Gasteiger partial charge >= 0.3 is 0 Å². The lowest BCUT2D eigenvalue weighted by Gasteiger charge is -2.25. The molecule has 0 saturated carbocycles. The molecule has 2 aromatic rings. The van der Waals surface area contributed by atoms with Crippen LogP contribution >= 0.6 is 0 Å². The minimum atomic E-state index is -0.742. The first-order valence-corrected chi connectivity index (χ1v) is 7.01. The first-order valence-electron chi connectivity index (χ1n) is 7.01. The van der Waals surface area contributed by atoms with Gasteiger partial charge in [-0.15, -0.1) is 0 Å². The Morgan fingerprint density at radius 1 is 1.45 bits per heavy atom. The van der Waals surface area contributed by atoms with Crippen molar-refractivity contribution in [3.05, 3.63) is 18.1 Å². The van der Waals surface area contributed by atoms with Crippen molar-refractivity contribution in [3.8, 4) is 0 Å². The smallest absolute Gasteiger partial charge is 0.254 e. The van der Waals surface area contributed by atoms with Crippen molar-refractivity contribution in [2.75, 3.05) is 11.9 Å². The van der Waals surface area contributed by atoms with Crippen LogP contribution in [0.2, 0.25) is 0 Å². The largest absolute Gasteiger partial charge is 0.388 e. The highest BCUT2D eigenvalue weighted by Crippen LogP contribution is 2.18. The lowest BCUT2D eigenvalue weighted by Crippen LogP contribution is -2.34. The maximum Gasteiger partial charge on any atom is 0.254 e. The van der Waals surface area contributed by atoms with Crippen molar-refractivity contribution in [2.45, 2.75) is 46.1 Å². The second-order valence-electron chi connectivity index (χ2n) is 6.04. The molecule has 1 atom stereocenters. The van der Waals surface area contributed by atoms with Crippen molar-refractivity contribution in [1.82, 2.24) is 19.6 Å². The molecule has 2 rings (SSSR count). The normalized spacial score (nSPS) is 14.7. The number of rotatable bonds is 6. The molecule has 0 aliphatic heterocycles. The van der Waals surface area contributed by atoms with Crippen LogP contribution in [0.1, 0.15) is 39.3 Å². The molecule has 0 aliphatic rings. The Bertz CT molecular complexity index is 576. The summed E-state index contributed by atoms with van der Waals surface area (Å²) >= 11 is 0. The van der Waals surface area contributed by atoms with Gasteiger partial charge in [-0.1, -0.05) is 13.8 Å². The Hall–Kier alpha value is -1.69. The van der Waals surface area contributed by atoms with Gasteiger partial charge in [0, 0.05) is 18.3 Å². The zero-order valence-corrected chi connectivity index (χ0v) is 12.6. The van der Waals surface area contributed by atoms with Crippen molar-refractivity contribution in [3.63, 3.8) is 0 Å². The molecule has 0 aromatic carbocycles. The summed E-state index contributed by atoms with van der Waals surface area (Å²) in [6.07, 6.45) is 3.24. The molecule has 6 nitrogen and oxygen atoms in total. The van der Waals surface area contributed by atoms with Crippen LogP contribution in [0.3, 0.4) is 0 Å². The van der Waals surface area contributed by atoms with Crippen LogP contribution in [-0.4, -0.2) is 36.8 Å². The summed E-state index contributed by atoms with van der Waals surface area (Å²) in [7, 11) is 0. The fourth-order valence-electron chi connectivity index (χ4n) is 2.03. The van der Waals surface area contributed by atoms with Crippen LogP contribution < -0.4 is 5.32 Å². The van der Waals surface area contributed by atoms with E-state index in [9.17, 15) is 5.11 Å². The topological polar surface area (TPSA) is 75.3 Å². The summed E-state index contributed by atoms with van der Waals surface area (Å²) in [6, 6.07) is 1.90. The summed E-state index contributed by atoms with van der Waals surface area (Å²) in [5.41, 5.74) is 0.128. The second kappa shape index (κ2) is 5.75. The minimum absolute atomic E-state index is 0.470. The molecule has 0 amide bonds. The van der Waals surface area contributed by atoms with Gasteiger partial charge in [-0.2, -0.15) is 14.6 Å². The van der Waals surface area contributed by atoms with Gasteiger partial charge in [0.05, 0.1) is 5.60 Å². The van der Waals surface area contributed by atoms with Gasteiger partial charge < -0.3 is 10.4 Å². The minimum Gasteiger partial charge on any atom is -0.388 e. The molecular weight excluding hydrogens is 254 g/mol. The monoisotopic (exact) mass is 277 g/mol. The molecule has 110 valence electrons. The average Bonchev–Trinajstić information content (AvgIpc) is 2.81. The van der Waals surface area contributed by atoms with Gasteiger partial charge in [0.1, 0.15) is 12.1 Å². The quantitative estimate of drug-likeness (QED) is 0.845. The number of aromatic nitrogens is 4. The molecule has 20 heavy (non-hydrogen) atoms. The summed E-state index contributed by atoms with van der Waals surface area (Å²) in [4.78, 5) is 8.37. The van der Waals surface area contributed by atoms with Gasteiger partial charge in [0.15, 0.2) is 0 Å². The van der Waals surface area contributed by atoms with E-state index in [1.54, 1.807) is 4.52 Å². The van der Waals surface area contributed by atoms with E-state index in [1.807, 2.05) is 19.9 Å². The van der Waals surface area contributed by atoms with Crippen LogP contribution in [0.25, 0.3) is 5.78 Å². The first kappa shape index (κ1) is 14.7. The Morgan fingerprint density at radius 3 is 2.90 bits per heavy atom. The zero-order chi connectivity index (χ0) is 14.8. The van der Waals surface area contributed by atoms with Crippen LogP contribution in [0, 0.1) is 12.8 Å². The van der Waals surface area contributed by atoms with E-state index in [2.05, 4.69) is 34.2 Å². The third-order valence-corrected chi connectivity index (χ3v) is 3.29. The number of nitrogens with one attached hydrogen (secondary N) is 1. The lowest BCUT2D eigenvalue weighted by molar-refractivity contribution is 0.0585. The van der Waals surface area contributed by atoms with Crippen molar-refractivity contribution in [1.29, 1.82) is 0 Å². The number of fused-ring (bicyclic) bond motifs is 1. The predicted octanol–water partition coefficient (Wildman–Crippen LogP) is 2.03. The average molecular weight is 277 g/mol. The van der Waals surface area contributed by atoms with Gasteiger partial charge in [-0.3, -0.25) is 0 Å². The maximum absolute atomic E-state index is 10.4. The molecule has 0 bridgehead atoms. The van der Waals surface area contributed by atoms with E-state index in [1.165, 1.54) is 6.33 Å². The lowest BCUT2D eigenvalue weighted by atomic mass is 9.95. The summed E-state index contributed by atoms with van der Waals surface area (Å²) in [6.45, 7) is 8.56. The van der Waals surface area contributed by atoms with Crippen LogP contribution in [-0.2, 0) is 0 Å². The second-order valence-corrected chi connectivity index (χ2v) is 6.04. The van der Waals surface area contributed by atoms with E-state index in [0.29, 0.717) is 18.2 Å². The number of aryl methyl sites for hydroxylation is 1. The highest BCUT2D eigenvalue weighted by atomic mass is 16.3. The van der Waals surface area contributed by atoms with Gasteiger partial charge in [-0.25, -0.2) is 4.98 Å². The third kappa shape index (κ3) is 3.66. The third-order valence-electron chi connectivity index (χ3n) is 3.29. The van der Waals surface area contributed by atoms with Crippen LogP contribution in [0.15, 0.2) is 12.4 Å². The van der Waals surface area contributed by atoms with Crippen LogP contribution in [0.5, 0.6) is 0 Å². The Labute approximate surface area is 119 Å². The molecule has 0 radical (unpaired) electrons. The van der Waals surface area contributed by atoms with Crippen molar-refractivity contribution < 1.29 is 5.11 Å². The number of anilines is 1. The summed E-state index contributed by atoms with van der Waals surface area (Å²) in [5.74, 6) is 1.95. The molecule has 0 spiro atoms. The Kier molecular flexibility index (Phi) is 4.23. The molecule has 2 heterocycles. The van der Waals surface area contributed by atoms with E-state index in [4.69, 9.17) is 0 Å². The molecule has 0 fully saturated rings. The molecule has 2 N–H and O–H groups in total. The standard InChI is InChI=1S/C14H23N5O/c1-10(2)5-6-14(4,20)8-15-12-7-11(3)18-13-16-9-17-19(12)13/h7,9-10,15,20H,5-6,8H2,1-4H3. The first-order chi connectivity index (χ1) is 9.37. The number of hydrogen-bond acceptors (Lipinski definition) is 5. The number of nitrogens with zero attached hydrogens (tertiary/aromatic N) is 4. The molecule has 2 aromatic heterocycles. The predicted molar refractivity (Wildman–Crippen MR) is 78.7 cm³/mol. The molecule has 0 saturated heterocycles. The number of aliphatic hydroxyl groups is 1. The zero-order valence-electron chi connectivity index (χ0n) is 12.6. The molecule has 1 unspecified atom stereocenters. The highest BCUT2D eigenvalue weighted by molar-refractivity contribution is 5.44. The molecular formula is C14H23N5O. The van der Waals surface area contributed by atoms with Crippen molar-refractivity contribution in [2.24, 2.45) is 5.92 Å². The van der Waals surface area contributed by atoms with E-state index < -0.39 is 5.60 Å². The van der Waals surface area contributed by atoms with E-state index in [-0.39, 0.29) is 0 Å². The Balaban J connectivity index is 2.07. The Morgan fingerprint density at radius 2 is 2.20 bits per heavy atom. The fourth-order valence-corrected chi connectivity index (χ4v) is 2.03. The van der Waals surface area contributed by atoms with Gasteiger partial charge in [0.2, 0.25) is 0 Å². The van der Waals surface area contributed by atoms with E-state index in [0.717, 1.165) is 24.4 Å². The maximum atomic E-state index is 10.4. The van der Waals surface area contributed by atoms with Crippen molar-refractivity contribution >= 4 is 11.6 Å². The van der Waals surface area contributed by atoms with Gasteiger partial charge in [0.25, 0.3) is 5.78 Å². The molecule has 6 heteroatoms. The highest BCUT2D eigenvalue weighted by Gasteiger charge is 2.21. The van der Waals surface area contributed by atoms with Crippen LogP contribution in [0.4, 0.5) is 5.82 Å². The number of hydrogen-bond donors (Lipinski definition) is 2. The van der Waals surface area contributed by atoms with Gasteiger partial charge in [-0.05, 0) is 32.6 Å². The molecule has 0 aliphatic carbocycles. The SMILES string of the molecule is Cc1cc(NCC(C)(O)CCC(C)C)n2ncnc2n1. The van der Waals surface area contributed by atoms with E-state index >= 15 is 0 Å². The fraction of sp³-hybridized carbons (Fsp3) is 0.643. The summed E-state index contributed by atoms with van der Waals surface area (Å²) < 4.78 is 1.64.